The van der Waals surface area contributed by atoms with Gasteiger partial charge >= 0.3 is 0 Å². The first kappa shape index (κ1) is 10.5. The molecule has 1 rings (SSSR count). The quantitative estimate of drug-likeness (QED) is 0.617. The number of allylic oxidation sites excluding steroid dienone is 3. The van der Waals surface area contributed by atoms with Crippen molar-refractivity contribution in [3.05, 3.63) is 60.7 Å². The molecule has 0 bridgehead atoms. The summed E-state index contributed by atoms with van der Waals surface area (Å²) in [6.07, 6.45) is 1.77. The normalized spacial score (nSPS) is 9.57. The van der Waals surface area contributed by atoms with Gasteiger partial charge in [0.05, 0.1) is 0 Å². The molecule has 0 aliphatic carbocycles. The average molecular weight is 184 g/mol. The van der Waals surface area contributed by atoms with E-state index in [1.807, 2.05) is 6.92 Å². The number of benzene rings is 1. The summed E-state index contributed by atoms with van der Waals surface area (Å²) >= 11 is 0. The van der Waals surface area contributed by atoms with E-state index < -0.39 is 0 Å². The van der Waals surface area contributed by atoms with Crippen molar-refractivity contribution in [3.8, 4) is 0 Å². The van der Waals surface area contributed by atoms with Gasteiger partial charge in [0.25, 0.3) is 0 Å². The maximum Gasteiger partial charge on any atom is -0.0184 e. The van der Waals surface area contributed by atoms with Crippen LogP contribution in [0.15, 0.2) is 44.0 Å². The van der Waals surface area contributed by atoms with E-state index in [9.17, 15) is 0 Å². The lowest BCUT2D eigenvalue weighted by molar-refractivity contribution is 1.40. The molecule has 0 aromatic heterocycles. The van der Waals surface area contributed by atoms with E-state index in [1.165, 1.54) is 11.1 Å². The molecule has 1 aromatic rings. The number of hydrogen-bond donors (Lipinski definition) is 0. The predicted molar refractivity (Wildman–Crippen MR) is 65.1 cm³/mol. The number of hydrogen-bond acceptors (Lipinski definition) is 0. The molecule has 0 unspecified atom stereocenters. The van der Waals surface area contributed by atoms with Gasteiger partial charge in [-0.15, -0.1) is 0 Å². The maximum atomic E-state index is 3.96. The van der Waals surface area contributed by atoms with Crippen LogP contribution in [-0.2, 0) is 0 Å². The molecule has 1 aromatic carbocycles. The first-order chi connectivity index (χ1) is 6.56. The molecule has 0 heteroatoms. The van der Waals surface area contributed by atoms with Crippen molar-refractivity contribution in [2.45, 2.75) is 13.8 Å². The minimum atomic E-state index is 0.951. The van der Waals surface area contributed by atoms with Gasteiger partial charge in [0.15, 0.2) is 0 Å². The van der Waals surface area contributed by atoms with Gasteiger partial charge in [0.2, 0.25) is 0 Å². The van der Waals surface area contributed by atoms with Gasteiger partial charge in [-0.2, -0.15) is 0 Å². The van der Waals surface area contributed by atoms with E-state index in [0.717, 1.165) is 16.7 Å². The summed E-state index contributed by atoms with van der Waals surface area (Å²) in [7, 11) is 0. The van der Waals surface area contributed by atoms with Crippen molar-refractivity contribution < 1.29 is 0 Å². The van der Waals surface area contributed by atoms with E-state index in [-0.39, 0.29) is 0 Å². The van der Waals surface area contributed by atoms with Gasteiger partial charge < -0.3 is 0 Å². The molecule has 0 saturated carbocycles. The molecule has 0 atom stereocenters. The van der Waals surface area contributed by atoms with Crippen molar-refractivity contribution in [2.75, 3.05) is 0 Å². The standard InChI is InChI=1S/C14H16/c1-6-11(4)13-8-7-12(5)14(9-13)10(2)3/h6-9H,1-2,4H2,3,5H3. The average Bonchev–Trinajstić information content (AvgIpc) is 2.17. The second kappa shape index (κ2) is 4.10. The van der Waals surface area contributed by atoms with Crippen molar-refractivity contribution in [3.63, 3.8) is 0 Å². The Labute approximate surface area is 86.3 Å². The Morgan fingerprint density at radius 1 is 1.29 bits per heavy atom. The van der Waals surface area contributed by atoms with Crippen LogP contribution in [0.5, 0.6) is 0 Å². The van der Waals surface area contributed by atoms with Crippen molar-refractivity contribution in [1.82, 2.24) is 0 Å². The lowest BCUT2D eigenvalue weighted by Gasteiger charge is -2.08. The molecule has 72 valence electrons. The Balaban J connectivity index is 3.25. The predicted octanol–water partition coefficient (Wildman–Crippen LogP) is 4.23. The highest BCUT2D eigenvalue weighted by atomic mass is 14.1. The van der Waals surface area contributed by atoms with Crippen LogP contribution in [0.4, 0.5) is 0 Å². The first-order valence-corrected chi connectivity index (χ1v) is 4.64. The number of aryl methyl sites for hydroxylation is 1. The van der Waals surface area contributed by atoms with E-state index >= 15 is 0 Å². The highest BCUT2D eigenvalue weighted by Gasteiger charge is 2.01. The zero-order valence-corrected chi connectivity index (χ0v) is 8.93. The molecule has 0 N–H and O–H groups in total. The summed E-state index contributed by atoms with van der Waals surface area (Å²) in [6.45, 7) is 15.7. The van der Waals surface area contributed by atoms with Crippen LogP contribution < -0.4 is 0 Å². The summed E-state index contributed by atoms with van der Waals surface area (Å²) in [4.78, 5) is 0. The van der Waals surface area contributed by atoms with Crippen LogP contribution in [0.1, 0.15) is 23.6 Å². The fraction of sp³-hybridized carbons (Fsp3) is 0.143. The number of rotatable bonds is 3. The molecule has 0 saturated heterocycles. The van der Waals surface area contributed by atoms with Gasteiger partial charge in [0.1, 0.15) is 0 Å². The second-order valence-electron chi connectivity index (χ2n) is 3.54. The second-order valence-corrected chi connectivity index (χ2v) is 3.54. The molecule has 14 heavy (non-hydrogen) atoms. The zero-order valence-electron chi connectivity index (χ0n) is 8.93. The SMILES string of the molecule is C=CC(=C)c1ccc(C)c(C(=C)C)c1. The van der Waals surface area contributed by atoms with Crippen LogP contribution in [0, 0.1) is 6.92 Å². The largest absolute Gasteiger partial charge is 0.0985 e. The molecule has 0 aliphatic heterocycles. The summed E-state index contributed by atoms with van der Waals surface area (Å²) in [5.74, 6) is 0. The summed E-state index contributed by atoms with van der Waals surface area (Å²) in [6, 6.07) is 6.27. The Bertz CT molecular complexity index is 394. The van der Waals surface area contributed by atoms with Crippen molar-refractivity contribution in [2.24, 2.45) is 0 Å². The third-order valence-electron chi connectivity index (χ3n) is 2.31. The smallest absolute Gasteiger partial charge is 0.0184 e. The molecular weight excluding hydrogens is 168 g/mol. The van der Waals surface area contributed by atoms with Gasteiger partial charge in [-0.05, 0) is 42.2 Å². The molecule has 0 spiro atoms. The van der Waals surface area contributed by atoms with Crippen LogP contribution in [0.3, 0.4) is 0 Å². The molecule has 0 radical (unpaired) electrons. The summed E-state index contributed by atoms with van der Waals surface area (Å²) in [5, 5.41) is 0. The van der Waals surface area contributed by atoms with Gasteiger partial charge in [-0.3, -0.25) is 0 Å². The molecule has 0 heterocycles. The van der Waals surface area contributed by atoms with Crippen LogP contribution in [-0.4, -0.2) is 0 Å². The van der Waals surface area contributed by atoms with Crippen molar-refractivity contribution in [1.29, 1.82) is 0 Å². The van der Waals surface area contributed by atoms with Gasteiger partial charge in [0, 0.05) is 0 Å². The molecule has 0 fully saturated rings. The molecular formula is C14H16. The fourth-order valence-corrected chi connectivity index (χ4v) is 1.40. The van der Waals surface area contributed by atoms with Crippen LogP contribution >= 0.6 is 0 Å². The van der Waals surface area contributed by atoms with E-state index in [1.54, 1.807) is 6.08 Å². The Morgan fingerprint density at radius 2 is 1.93 bits per heavy atom. The maximum absolute atomic E-state index is 3.96. The lowest BCUT2D eigenvalue weighted by atomic mass is 9.97. The highest BCUT2D eigenvalue weighted by molar-refractivity contribution is 5.75. The molecule has 0 nitrogen and oxygen atoms in total. The Hall–Kier alpha value is -1.56. The van der Waals surface area contributed by atoms with E-state index in [4.69, 9.17) is 0 Å². The third kappa shape index (κ3) is 2.02. The zero-order chi connectivity index (χ0) is 10.7. The van der Waals surface area contributed by atoms with Crippen LogP contribution in [0.25, 0.3) is 11.1 Å². The van der Waals surface area contributed by atoms with E-state index in [0.29, 0.717) is 0 Å². The van der Waals surface area contributed by atoms with Gasteiger partial charge in [-0.25, -0.2) is 0 Å². The van der Waals surface area contributed by atoms with Crippen molar-refractivity contribution >= 4 is 11.1 Å². The minimum absolute atomic E-state index is 0.951. The topological polar surface area (TPSA) is 0 Å². The molecule has 0 amide bonds. The first-order valence-electron chi connectivity index (χ1n) is 4.64. The van der Waals surface area contributed by atoms with Crippen LogP contribution in [0.2, 0.25) is 0 Å². The monoisotopic (exact) mass is 184 g/mol. The Kier molecular flexibility index (Phi) is 3.08. The fourth-order valence-electron chi connectivity index (χ4n) is 1.40. The van der Waals surface area contributed by atoms with E-state index in [2.05, 4.69) is 44.9 Å². The summed E-state index contributed by atoms with van der Waals surface area (Å²) < 4.78 is 0. The summed E-state index contributed by atoms with van der Waals surface area (Å²) in [5.41, 5.74) is 5.60. The Morgan fingerprint density at radius 3 is 2.43 bits per heavy atom. The highest BCUT2D eigenvalue weighted by Crippen LogP contribution is 2.22. The van der Waals surface area contributed by atoms with Gasteiger partial charge in [-0.1, -0.05) is 43.5 Å². The lowest BCUT2D eigenvalue weighted by Crippen LogP contribution is -1.88. The molecule has 0 aliphatic rings. The minimum Gasteiger partial charge on any atom is -0.0985 e. The third-order valence-corrected chi connectivity index (χ3v) is 2.31.